The lowest BCUT2D eigenvalue weighted by molar-refractivity contribution is -0.134. The molecule has 1 rings (SSSR count). The van der Waals surface area contributed by atoms with Gasteiger partial charge in [0.05, 0.1) is 13.0 Å². The molecule has 1 heterocycles. The van der Waals surface area contributed by atoms with E-state index in [-0.39, 0.29) is 18.4 Å². The Kier molecular flexibility index (Phi) is 4.90. The summed E-state index contributed by atoms with van der Waals surface area (Å²) in [6, 6.07) is 0. The zero-order valence-electron chi connectivity index (χ0n) is 8.74. The third-order valence-electron chi connectivity index (χ3n) is 2.65. The number of nitrogens with zero attached hydrogens (tertiary/aromatic N) is 1. The fourth-order valence-corrected chi connectivity index (χ4v) is 1.79. The van der Waals surface area contributed by atoms with Crippen molar-refractivity contribution in [2.24, 2.45) is 5.92 Å². The van der Waals surface area contributed by atoms with E-state index in [1.807, 2.05) is 4.90 Å². The summed E-state index contributed by atoms with van der Waals surface area (Å²) < 4.78 is 4.86. The Morgan fingerprint density at radius 2 is 2.43 bits per heavy atom. The second-order valence-electron chi connectivity index (χ2n) is 3.77. The average Bonchev–Trinajstić information content (AvgIpc) is 2.26. The number of aliphatic hydroxyl groups is 1. The molecule has 1 N–H and O–H groups in total. The van der Waals surface area contributed by atoms with Crippen LogP contribution in [0.15, 0.2) is 0 Å². The number of carbonyl (C=O) groups excluding carboxylic acids is 1. The second kappa shape index (κ2) is 5.98. The summed E-state index contributed by atoms with van der Waals surface area (Å²) in [6.07, 6.45) is 2.49. The van der Waals surface area contributed by atoms with Gasteiger partial charge in [0.1, 0.15) is 0 Å². The van der Waals surface area contributed by atoms with Gasteiger partial charge in [0.25, 0.3) is 0 Å². The molecule has 14 heavy (non-hydrogen) atoms. The molecule has 1 unspecified atom stereocenters. The Bertz CT molecular complexity index is 184. The normalized spacial score (nSPS) is 22.4. The van der Waals surface area contributed by atoms with Crippen molar-refractivity contribution in [1.82, 2.24) is 4.90 Å². The van der Waals surface area contributed by atoms with Crippen molar-refractivity contribution < 1.29 is 14.6 Å². The van der Waals surface area contributed by atoms with Crippen LogP contribution in [0.25, 0.3) is 0 Å². The minimum atomic E-state index is 0.144. The molecule has 0 aromatic carbocycles. The van der Waals surface area contributed by atoms with E-state index < -0.39 is 0 Å². The van der Waals surface area contributed by atoms with Crippen LogP contribution in [-0.2, 0) is 9.53 Å². The molecule has 4 nitrogen and oxygen atoms in total. The second-order valence-corrected chi connectivity index (χ2v) is 3.77. The fourth-order valence-electron chi connectivity index (χ4n) is 1.79. The number of ether oxygens (including phenoxy) is 1. The third kappa shape index (κ3) is 3.27. The van der Waals surface area contributed by atoms with Gasteiger partial charge in [-0.05, 0) is 18.8 Å². The smallest absolute Gasteiger partial charge is 0.224 e. The Labute approximate surface area is 84.8 Å². The molecule has 1 aliphatic rings. The molecule has 1 saturated heterocycles. The van der Waals surface area contributed by atoms with Crippen molar-refractivity contribution >= 4 is 5.91 Å². The van der Waals surface area contributed by atoms with Gasteiger partial charge in [-0.1, -0.05) is 0 Å². The molecule has 0 bridgehead atoms. The van der Waals surface area contributed by atoms with Crippen molar-refractivity contribution in [3.63, 3.8) is 0 Å². The van der Waals surface area contributed by atoms with Crippen molar-refractivity contribution in [2.75, 3.05) is 33.4 Å². The Morgan fingerprint density at radius 1 is 1.64 bits per heavy atom. The topological polar surface area (TPSA) is 49.8 Å². The Balaban J connectivity index is 2.31. The lowest BCUT2D eigenvalue weighted by Gasteiger charge is -2.31. The SMILES string of the molecule is COCCC(=O)N1CCCC(CO)C1. The van der Waals surface area contributed by atoms with E-state index in [0.29, 0.717) is 19.6 Å². The summed E-state index contributed by atoms with van der Waals surface area (Å²) in [5, 5.41) is 9.00. The highest BCUT2D eigenvalue weighted by molar-refractivity contribution is 5.76. The number of amides is 1. The molecule has 0 radical (unpaired) electrons. The molecule has 0 spiro atoms. The van der Waals surface area contributed by atoms with Gasteiger partial charge in [0.2, 0.25) is 5.91 Å². The number of piperidine rings is 1. The molecular weight excluding hydrogens is 182 g/mol. The Morgan fingerprint density at radius 3 is 3.07 bits per heavy atom. The minimum absolute atomic E-state index is 0.144. The number of methoxy groups -OCH3 is 1. The van der Waals surface area contributed by atoms with E-state index in [9.17, 15) is 4.79 Å². The average molecular weight is 201 g/mol. The van der Waals surface area contributed by atoms with Crippen LogP contribution in [0.5, 0.6) is 0 Å². The highest BCUT2D eigenvalue weighted by Gasteiger charge is 2.22. The molecule has 1 amide bonds. The maximum absolute atomic E-state index is 11.6. The number of aliphatic hydroxyl groups excluding tert-OH is 1. The lowest BCUT2D eigenvalue weighted by atomic mass is 9.99. The van der Waals surface area contributed by atoms with E-state index in [2.05, 4.69) is 0 Å². The van der Waals surface area contributed by atoms with E-state index in [1.54, 1.807) is 7.11 Å². The van der Waals surface area contributed by atoms with Crippen LogP contribution in [0.3, 0.4) is 0 Å². The predicted molar refractivity (Wildman–Crippen MR) is 52.9 cm³/mol. The fraction of sp³-hybridized carbons (Fsp3) is 0.900. The van der Waals surface area contributed by atoms with Gasteiger partial charge in [-0.15, -0.1) is 0 Å². The zero-order valence-corrected chi connectivity index (χ0v) is 8.74. The van der Waals surface area contributed by atoms with E-state index in [4.69, 9.17) is 9.84 Å². The zero-order chi connectivity index (χ0) is 10.4. The Hall–Kier alpha value is -0.610. The number of carbonyl (C=O) groups is 1. The molecule has 4 heteroatoms. The van der Waals surface area contributed by atoms with Gasteiger partial charge in [0.15, 0.2) is 0 Å². The van der Waals surface area contributed by atoms with Crippen LogP contribution in [0.1, 0.15) is 19.3 Å². The van der Waals surface area contributed by atoms with Crippen LogP contribution in [0, 0.1) is 5.92 Å². The van der Waals surface area contributed by atoms with Gasteiger partial charge in [-0.3, -0.25) is 4.79 Å². The lowest BCUT2D eigenvalue weighted by Crippen LogP contribution is -2.41. The first-order valence-corrected chi connectivity index (χ1v) is 5.15. The molecule has 0 aromatic heterocycles. The highest BCUT2D eigenvalue weighted by Crippen LogP contribution is 2.16. The first kappa shape index (κ1) is 11.5. The molecule has 0 aliphatic carbocycles. The van der Waals surface area contributed by atoms with Crippen LogP contribution in [0.4, 0.5) is 0 Å². The van der Waals surface area contributed by atoms with Gasteiger partial charge in [-0.25, -0.2) is 0 Å². The number of hydrogen-bond donors (Lipinski definition) is 1. The molecule has 0 saturated carbocycles. The molecule has 1 fully saturated rings. The molecular formula is C10H19NO3. The molecule has 82 valence electrons. The monoisotopic (exact) mass is 201 g/mol. The number of likely N-dealkylation sites (tertiary alicyclic amines) is 1. The number of hydrogen-bond acceptors (Lipinski definition) is 3. The summed E-state index contributed by atoms with van der Waals surface area (Å²) in [7, 11) is 1.60. The van der Waals surface area contributed by atoms with E-state index in [1.165, 1.54) is 0 Å². The quantitative estimate of drug-likeness (QED) is 0.709. The van der Waals surface area contributed by atoms with Crippen LogP contribution in [-0.4, -0.2) is 49.3 Å². The predicted octanol–water partition coefficient (Wildman–Crippen LogP) is 0.254. The van der Waals surface area contributed by atoms with Gasteiger partial charge >= 0.3 is 0 Å². The van der Waals surface area contributed by atoms with Crippen molar-refractivity contribution in [2.45, 2.75) is 19.3 Å². The third-order valence-corrected chi connectivity index (χ3v) is 2.65. The van der Waals surface area contributed by atoms with Gasteiger partial charge in [0, 0.05) is 26.8 Å². The summed E-state index contributed by atoms with van der Waals surface area (Å²) in [5.41, 5.74) is 0. The van der Waals surface area contributed by atoms with Crippen LogP contribution < -0.4 is 0 Å². The summed E-state index contributed by atoms with van der Waals surface area (Å²) in [5.74, 6) is 0.417. The minimum Gasteiger partial charge on any atom is -0.396 e. The summed E-state index contributed by atoms with van der Waals surface area (Å²) in [4.78, 5) is 13.4. The maximum atomic E-state index is 11.6. The van der Waals surface area contributed by atoms with Crippen molar-refractivity contribution in [3.05, 3.63) is 0 Å². The summed E-state index contributed by atoms with van der Waals surface area (Å²) in [6.45, 7) is 2.21. The standard InChI is InChI=1S/C10H19NO3/c1-14-6-4-10(13)11-5-2-3-9(7-11)8-12/h9,12H,2-8H2,1H3. The highest BCUT2D eigenvalue weighted by atomic mass is 16.5. The first-order chi connectivity index (χ1) is 6.77. The molecule has 0 aromatic rings. The van der Waals surface area contributed by atoms with Gasteiger partial charge < -0.3 is 14.7 Å². The van der Waals surface area contributed by atoms with Crippen LogP contribution in [0.2, 0.25) is 0 Å². The summed E-state index contributed by atoms with van der Waals surface area (Å²) >= 11 is 0. The largest absolute Gasteiger partial charge is 0.396 e. The van der Waals surface area contributed by atoms with E-state index >= 15 is 0 Å². The first-order valence-electron chi connectivity index (χ1n) is 5.15. The van der Waals surface area contributed by atoms with E-state index in [0.717, 1.165) is 19.4 Å². The van der Waals surface area contributed by atoms with Crippen molar-refractivity contribution in [3.8, 4) is 0 Å². The maximum Gasteiger partial charge on any atom is 0.224 e. The number of rotatable bonds is 4. The molecule has 1 aliphatic heterocycles. The molecule has 1 atom stereocenters. The van der Waals surface area contributed by atoms with Crippen molar-refractivity contribution in [1.29, 1.82) is 0 Å². The van der Waals surface area contributed by atoms with Gasteiger partial charge in [-0.2, -0.15) is 0 Å². The van der Waals surface area contributed by atoms with Crippen LogP contribution >= 0.6 is 0 Å².